The number of carboxylic acid groups (broad SMARTS) is 6. The summed E-state index contributed by atoms with van der Waals surface area (Å²) in [7, 11) is 0. The molecule has 0 amide bonds. The van der Waals surface area contributed by atoms with E-state index in [-0.39, 0.29) is 29.6 Å². The summed E-state index contributed by atoms with van der Waals surface area (Å²) >= 11 is 0. The van der Waals surface area contributed by atoms with Gasteiger partial charge in [0.2, 0.25) is 0 Å². The van der Waals surface area contributed by atoms with Gasteiger partial charge in [-0.15, -0.1) is 0 Å². The summed E-state index contributed by atoms with van der Waals surface area (Å²) in [5, 5.41) is 46.0. The van der Waals surface area contributed by atoms with Crippen molar-refractivity contribution in [3.63, 3.8) is 0 Å². The molecule has 0 aliphatic carbocycles. The van der Waals surface area contributed by atoms with Crippen LogP contribution in [0.2, 0.25) is 0 Å². The molecule has 23 heavy (non-hydrogen) atoms. The first-order valence-electron chi connectivity index (χ1n) is 4.80. The molecule has 12 nitrogen and oxygen atoms in total. The first kappa shape index (κ1) is 37.2. The van der Waals surface area contributed by atoms with Crippen molar-refractivity contribution in [2.24, 2.45) is 0 Å². The van der Waals surface area contributed by atoms with E-state index in [1.807, 2.05) is 0 Å². The molecule has 0 aromatic carbocycles. The number of carbonyl (C=O) groups excluding carboxylic acids is 1. The number of aliphatic carboxylic acids is 6. The molecule has 0 saturated carbocycles. The van der Waals surface area contributed by atoms with Gasteiger partial charge in [-0.05, 0) is 0 Å². The minimum absolute atomic E-state index is 0. The summed E-state index contributed by atoms with van der Waals surface area (Å²) < 4.78 is 0. The van der Waals surface area contributed by atoms with Crippen molar-refractivity contribution in [3.8, 4) is 0 Å². The van der Waals surface area contributed by atoms with E-state index in [2.05, 4.69) is 0 Å². The quantitative estimate of drug-likeness (QED) is 0.204. The maximum absolute atomic E-state index is 9.04. The molecular weight excluding hydrogens is 335 g/mol. The third kappa shape index (κ3) is 1900. The van der Waals surface area contributed by atoms with Crippen molar-refractivity contribution < 1.29 is 89.0 Å². The van der Waals surface area contributed by atoms with Gasteiger partial charge in [-0.1, -0.05) is 0 Å². The summed E-state index contributed by atoms with van der Waals surface area (Å²) in [6, 6.07) is 0. The number of hydrogen-bond donors (Lipinski definition) is 5. The third-order valence-corrected chi connectivity index (χ3v) is 0.175. The summed E-state index contributed by atoms with van der Waals surface area (Å²) in [6.07, 6.45) is 0. The van der Waals surface area contributed by atoms with Crippen LogP contribution in [-0.2, 0) is 28.8 Å². The van der Waals surface area contributed by atoms with Gasteiger partial charge in [-0.2, -0.15) is 0 Å². The minimum Gasteiger partial charge on any atom is -0.539 e. The van der Waals surface area contributed by atoms with Crippen molar-refractivity contribution >= 4 is 35.8 Å². The van der Waals surface area contributed by atoms with E-state index in [0.29, 0.717) is 0 Å². The molecule has 0 heterocycles. The van der Waals surface area contributed by atoms with E-state index in [4.69, 9.17) is 59.4 Å². The second-order valence-corrected chi connectivity index (χ2v) is 2.67. The average Bonchev–Trinajstić information content (AvgIpc) is 2.12. The predicted molar refractivity (Wildman–Crippen MR) is 65.9 cm³/mol. The molecule has 0 fully saturated rings. The molecule has 0 aliphatic rings. The van der Waals surface area contributed by atoms with Crippen LogP contribution in [-0.4, -0.2) is 61.3 Å². The van der Waals surface area contributed by atoms with Crippen LogP contribution < -0.4 is 34.7 Å². The molecule has 0 bridgehead atoms. The van der Waals surface area contributed by atoms with E-state index < -0.39 is 35.8 Å². The van der Waals surface area contributed by atoms with Crippen LogP contribution in [0.15, 0.2) is 0 Å². The number of rotatable bonds is 0. The smallest absolute Gasteiger partial charge is 0.539 e. The van der Waals surface area contributed by atoms with Gasteiger partial charge in [0.05, 0.1) is 0 Å². The largest absolute Gasteiger partial charge is 1.00 e. The van der Waals surface area contributed by atoms with Crippen LogP contribution in [0.1, 0.15) is 27.7 Å². The topological polar surface area (TPSA) is 227 Å². The fraction of sp³-hybridized carbons (Fsp3) is 0.400. The molecule has 0 atom stereocenters. The standard InChI is InChI=1S/C2H2O4.4C2H4O2.Na/c3-1(4)2(5)6;4*1-2(3)4;/h(H,3,4)(H,5,6);4*1H3,(H,3,4);/q;;;;;+1/p-1. The van der Waals surface area contributed by atoms with Gasteiger partial charge in [0.15, 0.2) is 5.97 Å². The van der Waals surface area contributed by atoms with Gasteiger partial charge >= 0.3 is 35.5 Å². The van der Waals surface area contributed by atoms with E-state index >= 15 is 0 Å². The zero-order valence-electron chi connectivity index (χ0n) is 13.1. The summed E-state index contributed by atoms with van der Waals surface area (Å²) in [5.41, 5.74) is 0. The Bertz CT molecular complexity index is 300. The molecule has 0 spiro atoms. The Morgan fingerprint density at radius 3 is 0.609 bits per heavy atom. The van der Waals surface area contributed by atoms with Crippen LogP contribution in [0.5, 0.6) is 0 Å². The monoisotopic (exact) mass is 352 g/mol. The zero-order valence-corrected chi connectivity index (χ0v) is 15.1. The van der Waals surface area contributed by atoms with Gasteiger partial charge < -0.3 is 35.4 Å². The van der Waals surface area contributed by atoms with Crippen LogP contribution in [0.4, 0.5) is 0 Å². The van der Waals surface area contributed by atoms with Crippen molar-refractivity contribution in [2.45, 2.75) is 27.7 Å². The molecule has 5 N–H and O–H groups in total. The average molecular weight is 352 g/mol. The van der Waals surface area contributed by atoms with Gasteiger partial charge in [0.1, 0.15) is 0 Å². The maximum Gasteiger partial charge on any atom is 1.00 e. The molecule has 13 heteroatoms. The van der Waals surface area contributed by atoms with Crippen LogP contribution in [0, 0.1) is 0 Å². The molecule has 0 saturated heterocycles. The predicted octanol–water partition coefficient (Wildman–Crippen LogP) is -4.81. The summed E-state index contributed by atoms with van der Waals surface area (Å²) in [6.45, 7) is 4.33. The molecule has 130 valence electrons. The van der Waals surface area contributed by atoms with Crippen molar-refractivity contribution in [3.05, 3.63) is 0 Å². The number of carboxylic acids is 6. The summed E-state index contributed by atoms with van der Waals surface area (Å²) in [5.74, 6) is -7.34. The van der Waals surface area contributed by atoms with Crippen molar-refractivity contribution in [1.29, 1.82) is 0 Å². The SMILES string of the molecule is CC(=O)O.CC(=O)O.CC(=O)O.CC(=O)O.O=C([O-])C(=O)O.[Na+]. The number of hydrogen-bond acceptors (Lipinski definition) is 7. The Labute approximate surface area is 152 Å². The molecule has 0 aliphatic heterocycles. The molecular formula is C10H17NaO12. The second kappa shape index (κ2) is 28.0. The van der Waals surface area contributed by atoms with Gasteiger partial charge in [0.25, 0.3) is 23.9 Å². The Balaban J connectivity index is -0.0000000393. The first-order chi connectivity index (χ1) is 9.57. The van der Waals surface area contributed by atoms with Crippen LogP contribution in [0.25, 0.3) is 0 Å². The normalized spacial score (nSPS) is 6.26. The fourth-order valence-corrected chi connectivity index (χ4v) is 0. The van der Waals surface area contributed by atoms with Gasteiger partial charge in [-0.25, -0.2) is 4.79 Å². The summed E-state index contributed by atoms with van der Waals surface area (Å²) in [4.78, 5) is 54.0. The third-order valence-electron chi connectivity index (χ3n) is 0.175. The van der Waals surface area contributed by atoms with Crippen molar-refractivity contribution in [1.82, 2.24) is 0 Å². The van der Waals surface area contributed by atoms with E-state index in [0.717, 1.165) is 27.7 Å². The maximum atomic E-state index is 9.04. The zero-order chi connectivity index (χ0) is 19.5. The Hall–Kier alpha value is -2.18. The Kier molecular flexibility index (Phi) is 45.4. The second-order valence-electron chi connectivity index (χ2n) is 2.67. The minimum atomic E-state index is -2.07. The van der Waals surface area contributed by atoms with Crippen LogP contribution in [0.3, 0.4) is 0 Å². The molecule has 0 radical (unpaired) electrons. The van der Waals surface area contributed by atoms with Crippen molar-refractivity contribution in [2.75, 3.05) is 0 Å². The van der Waals surface area contributed by atoms with E-state index in [1.54, 1.807) is 0 Å². The van der Waals surface area contributed by atoms with E-state index in [1.165, 1.54) is 0 Å². The molecule has 0 aromatic heterocycles. The van der Waals surface area contributed by atoms with Gasteiger partial charge in [-0.3, -0.25) is 19.2 Å². The molecule has 0 rings (SSSR count). The van der Waals surface area contributed by atoms with E-state index in [9.17, 15) is 0 Å². The molecule has 0 unspecified atom stereocenters. The number of carbonyl (C=O) groups is 6. The first-order valence-corrected chi connectivity index (χ1v) is 4.80. The van der Waals surface area contributed by atoms with Crippen LogP contribution >= 0.6 is 0 Å². The van der Waals surface area contributed by atoms with Gasteiger partial charge in [0, 0.05) is 27.7 Å². The Morgan fingerprint density at radius 2 is 0.609 bits per heavy atom. The Morgan fingerprint density at radius 1 is 0.565 bits per heavy atom. The fourth-order valence-electron chi connectivity index (χ4n) is 0. The molecule has 0 aromatic rings.